The number of hydrogen-bond acceptors (Lipinski definition) is 3. The smallest absolute Gasteiger partial charge is 0.315 e. The van der Waals surface area contributed by atoms with Crippen LogP contribution in [0.4, 0.5) is 4.79 Å². The van der Waals surface area contributed by atoms with Crippen LogP contribution in [0.3, 0.4) is 0 Å². The van der Waals surface area contributed by atoms with E-state index in [-0.39, 0.29) is 18.5 Å². The zero-order valence-electron chi connectivity index (χ0n) is 9.95. The van der Waals surface area contributed by atoms with Crippen molar-refractivity contribution < 1.29 is 19.4 Å². The molecule has 16 heavy (non-hydrogen) atoms. The Morgan fingerprint density at radius 1 is 1.38 bits per heavy atom. The molecule has 0 spiro atoms. The van der Waals surface area contributed by atoms with Crippen LogP contribution in [-0.4, -0.2) is 42.9 Å². The largest absolute Gasteiger partial charge is 0.481 e. The molecule has 0 heterocycles. The fourth-order valence-electron chi connectivity index (χ4n) is 1.23. The highest BCUT2D eigenvalue weighted by Gasteiger charge is 2.13. The van der Waals surface area contributed by atoms with E-state index in [9.17, 15) is 9.59 Å². The minimum absolute atomic E-state index is 0.0537. The number of carbonyl (C=O) groups excluding carboxylic acids is 1. The van der Waals surface area contributed by atoms with E-state index >= 15 is 0 Å². The lowest BCUT2D eigenvalue weighted by Gasteiger charge is -2.18. The molecule has 0 aliphatic rings. The molecule has 0 fully saturated rings. The highest BCUT2D eigenvalue weighted by molar-refractivity contribution is 5.75. The van der Waals surface area contributed by atoms with Gasteiger partial charge in [0.1, 0.15) is 0 Å². The van der Waals surface area contributed by atoms with Crippen molar-refractivity contribution in [3.63, 3.8) is 0 Å². The van der Waals surface area contributed by atoms with Crippen LogP contribution >= 0.6 is 0 Å². The van der Waals surface area contributed by atoms with Crippen LogP contribution < -0.4 is 10.6 Å². The molecule has 3 N–H and O–H groups in total. The number of ether oxygens (including phenoxy) is 1. The lowest BCUT2D eigenvalue weighted by Crippen LogP contribution is -2.47. The van der Waals surface area contributed by atoms with E-state index in [1.54, 1.807) is 14.0 Å². The maximum atomic E-state index is 11.4. The van der Waals surface area contributed by atoms with Gasteiger partial charge in [0.2, 0.25) is 0 Å². The summed E-state index contributed by atoms with van der Waals surface area (Å²) in [7, 11) is 1.56. The first-order valence-electron chi connectivity index (χ1n) is 5.27. The summed E-state index contributed by atoms with van der Waals surface area (Å²) >= 11 is 0. The Kier molecular flexibility index (Phi) is 7.28. The number of urea groups is 1. The van der Waals surface area contributed by atoms with Gasteiger partial charge in [0.15, 0.2) is 0 Å². The van der Waals surface area contributed by atoms with Crippen molar-refractivity contribution >= 4 is 12.0 Å². The van der Waals surface area contributed by atoms with Gasteiger partial charge in [-0.15, -0.1) is 0 Å². The molecule has 0 bridgehead atoms. The van der Waals surface area contributed by atoms with Crippen LogP contribution in [0.1, 0.15) is 26.7 Å². The Labute approximate surface area is 95.4 Å². The van der Waals surface area contributed by atoms with Crippen molar-refractivity contribution in [2.45, 2.75) is 38.8 Å². The quantitative estimate of drug-likeness (QED) is 0.599. The first kappa shape index (κ1) is 14.7. The number of methoxy groups -OCH3 is 1. The molecule has 0 saturated heterocycles. The van der Waals surface area contributed by atoms with Gasteiger partial charge in [-0.3, -0.25) is 4.79 Å². The molecule has 0 radical (unpaired) electrons. The zero-order valence-corrected chi connectivity index (χ0v) is 9.95. The number of carboxylic acid groups (broad SMARTS) is 1. The summed E-state index contributed by atoms with van der Waals surface area (Å²) in [5.74, 6) is -0.934. The average Bonchev–Trinajstić information content (AvgIpc) is 2.15. The number of nitrogens with one attached hydrogen (secondary N) is 2. The van der Waals surface area contributed by atoms with Gasteiger partial charge in [-0.1, -0.05) is 6.92 Å². The SMILES string of the molecule is CCC(COC)NC(=O)NC(C)CC(=O)O. The van der Waals surface area contributed by atoms with Crippen LogP contribution in [-0.2, 0) is 9.53 Å². The molecule has 6 heteroatoms. The highest BCUT2D eigenvalue weighted by atomic mass is 16.5. The summed E-state index contributed by atoms with van der Waals surface area (Å²) in [4.78, 5) is 21.8. The second-order valence-corrected chi connectivity index (χ2v) is 3.68. The van der Waals surface area contributed by atoms with Gasteiger partial charge < -0.3 is 20.5 Å². The van der Waals surface area contributed by atoms with Crippen LogP contribution in [0.25, 0.3) is 0 Å². The lowest BCUT2D eigenvalue weighted by atomic mass is 10.2. The molecule has 0 aromatic rings. The molecule has 0 aromatic heterocycles. The van der Waals surface area contributed by atoms with E-state index in [0.717, 1.165) is 6.42 Å². The van der Waals surface area contributed by atoms with E-state index in [2.05, 4.69) is 10.6 Å². The van der Waals surface area contributed by atoms with E-state index < -0.39 is 12.0 Å². The number of carbonyl (C=O) groups is 2. The first-order chi connectivity index (χ1) is 7.49. The molecule has 0 aromatic carbocycles. The molecular weight excluding hydrogens is 212 g/mol. The van der Waals surface area contributed by atoms with Gasteiger partial charge in [-0.05, 0) is 13.3 Å². The summed E-state index contributed by atoms with van der Waals surface area (Å²) < 4.78 is 4.93. The molecule has 0 aliphatic carbocycles. The summed E-state index contributed by atoms with van der Waals surface area (Å²) in [6.45, 7) is 4.02. The predicted octanol–water partition coefficient (Wildman–Crippen LogP) is 0.574. The molecule has 0 rings (SSSR count). The summed E-state index contributed by atoms with van der Waals surface area (Å²) in [6.07, 6.45) is 0.670. The maximum absolute atomic E-state index is 11.4. The fourth-order valence-corrected chi connectivity index (χ4v) is 1.23. The Balaban J connectivity index is 3.91. The van der Waals surface area contributed by atoms with Gasteiger partial charge in [0.25, 0.3) is 0 Å². The highest BCUT2D eigenvalue weighted by Crippen LogP contribution is 1.93. The molecule has 94 valence electrons. The van der Waals surface area contributed by atoms with Gasteiger partial charge in [-0.25, -0.2) is 4.79 Å². The van der Waals surface area contributed by atoms with Crippen LogP contribution in [0.5, 0.6) is 0 Å². The van der Waals surface area contributed by atoms with Gasteiger partial charge in [-0.2, -0.15) is 0 Å². The standard InChI is InChI=1S/C10H20N2O4/c1-4-8(6-16-3)12-10(15)11-7(2)5-9(13)14/h7-8H,4-6H2,1-3H3,(H,13,14)(H2,11,12,15). The Hall–Kier alpha value is -1.30. The molecule has 2 unspecified atom stereocenters. The van der Waals surface area contributed by atoms with Gasteiger partial charge >= 0.3 is 12.0 Å². The van der Waals surface area contributed by atoms with E-state index in [4.69, 9.17) is 9.84 Å². The number of aliphatic carboxylic acids is 1. The third-order valence-corrected chi connectivity index (χ3v) is 2.05. The second-order valence-electron chi connectivity index (χ2n) is 3.68. The zero-order chi connectivity index (χ0) is 12.6. The molecule has 0 aliphatic heterocycles. The second kappa shape index (κ2) is 7.92. The van der Waals surface area contributed by atoms with E-state index in [0.29, 0.717) is 6.61 Å². The van der Waals surface area contributed by atoms with Crippen molar-refractivity contribution in [3.05, 3.63) is 0 Å². The minimum atomic E-state index is -0.934. The van der Waals surface area contributed by atoms with Crippen molar-refractivity contribution in [2.24, 2.45) is 0 Å². The number of amides is 2. The van der Waals surface area contributed by atoms with E-state index in [1.165, 1.54) is 0 Å². The Morgan fingerprint density at radius 3 is 2.44 bits per heavy atom. The number of hydrogen-bond donors (Lipinski definition) is 3. The van der Waals surface area contributed by atoms with Crippen molar-refractivity contribution in [1.82, 2.24) is 10.6 Å². The topological polar surface area (TPSA) is 87.7 Å². The normalized spacial score (nSPS) is 13.9. The predicted molar refractivity (Wildman–Crippen MR) is 59.3 cm³/mol. The average molecular weight is 232 g/mol. The molecule has 2 atom stereocenters. The van der Waals surface area contributed by atoms with Gasteiger partial charge in [0, 0.05) is 13.2 Å². The Morgan fingerprint density at radius 2 is 2.00 bits per heavy atom. The van der Waals surface area contributed by atoms with Crippen LogP contribution in [0.15, 0.2) is 0 Å². The third-order valence-electron chi connectivity index (χ3n) is 2.05. The monoisotopic (exact) mass is 232 g/mol. The number of carboxylic acids is 1. The number of rotatable bonds is 7. The molecule has 2 amide bonds. The van der Waals surface area contributed by atoms with Crippen molar-refractivity contribution in [2.75, 3.05) is 13.7 Å². The summed E-state index contributed by atoms with van der Waals surface area (Å²) in [5, 5.41) is 13.8. The third kappa shape index (κ3) is 7.05. The summed E-state index contributed by atoms with van der Waals surface area (Å²) in [6, 6.07) is -0.808. The molecule has 0 saturated carbocycles. The molecule has 6 nitrogen and oxygen atoms in total. The van der Waals surface area contributed by atoms with Crippen LogP contribution in [0.2, 0.25) is 0 Å². The fraction of sp³-hybridized carbons (Fsp3) is 0.800. The first-order valence-corrected chi connectivity index (χ1v) is 5.27. The maximum Gasteiger partial charge on any atom is 0.315 e. The molecular formula is C10H20N2O4. The van der Waals surface area contributed by atoms with Gasteiger partial charge in [0.05, 0.1) is 19.1 Å². The van der Waals surface area contributed by atoms with Crippen molar-refractivity contribution in [3.8, 4) is 0 Å². The van der Waals surface area contributed by atoms with Crippen LogP contribution in [0, 0.1) is 0 Å². The minimum Gasteiger partial charge on any atom is -0.481 e. The summed E-state index contributed by atoms with van der Waals surface area (Å²) in [5.41, 5.74) is 0. The van der Waals surface area contributed by atoms with Crippen molar-refractivity contribution in [1.29, 1.82) is 0 Å². The lowest BCUT2D eigenvalue weighted by molar-refractivity contribution is -0.137. The van der Waals surface area contributed by atoms with E-state index in [1.807, 2.05) is 6.92 Å². The Bertz CT molecular complexity index is 233.